The van der Waals surface area contributed by atoms with Gasteiger partial charge in [-0.15, -0.1) is 0 Å². The molecule has 0 N–H and O–H groups in total. The Morgan fingerprint density at radius 3 is 2.47 bits per heavy atom. The summed E-state index contributed by atoms with van der Waals surface area (Å²) >= 11 is 0. The van der Waals surface area contributed by atoms with Crippen molar-refractivity contribution in [1.82, 2.24) is 14.5 Å². The Labute approximate surface area is 176 Å². The summed E-state index contributed by atoms with van der Waals surface area (Å²) in [5.41, 5.74) is 0.956. The van der Waals surface area contributed by atoms with Crippen LogP contribution < -0.4 is 9.64 Å². The summed E-state index contributed by atoms with van der Waals surface area (Å²) in [6.45, 7) is 1.81. The lowest BCUT2D eigenvalue weighted by molar-refractivity contribution is 0.0301. The standard InChI is InChI=1S/C24H28N4O2/c1-2-13-27(12-1)17-5-7-18(8-6-17)30-24-21-4-3-11-25-22(21)14-23(26-24)28-15-19-9-10-20(16-28)29-19/h1-4,11-14,17-20H,5-10,15-16H2/t17-,18+,19?,20?. The zero-order valence-electron chi connectivity index (χ0n) is 17.2. The highest BCUT2D eigenvalue weighted by Crippen LogP contribution is 2.35. The van der Waals surface area contributed by atoms with E-state index in [0.29, 0.717) is 18.2 Å². The summed E-state index contributed by atoms with van der Waals surface area (Å²) in [6, 6.07) is 10.9. The highest BCUT2D eigenvalue weighted by Gasteiger charge is 2.34. The van der Waals surface area contributed by atoms with Gasteiger partial charge in [0, 0.05) is 43.8 Å². The minimum Gasteiger partial charge on any atom is -0.474 e. The highest BCUT2D eigenvalue weighted by molar-refractivity contribution is 5.85. The van der Waals surface area contributed by atoms with Gasteiger partial charge in [0.25, 0.3) is 0 Å². The van der Waals surface area contributed by atoms with Gasteiger partial charge < -0.3 is 18.9 Å². The molecule has 3 aromatic heterocycles. The fourth-order valence-electron chi connectivity index (χ4n) is 5.30. The van der Waals surface area contributed by atoms with Crippen LogP contribution in [0.15, 0.2) is 48.9 Å². The number of aromatic nitrogens is 3. The number of morpholine rings is 1. The maximum Gasteiger partial charge on any atom is 0.225 e. The quantitative estimate of drug-likeness (QED) is 0.647. The Kier molecular flexibility index (Phi) is 4.60. The fraction of sp³-hybridized carbons (Fsp3) is 0.500. The van der Waals surface area contributed by atoms with Crippen LogP contribution in [0, 0.1) is 0 Å². The van der Waals surface area contributed by atoms with Crippen LogP contribution in [0.25, 0.3) is 10.9 Å². The molecule has 2 atom stereocenters. The molecule has 1 aliphatic carbocycles. The summed E-state index contributed by atoms with van der Waals surface area (Å²) in [6.07, 6.45) is 13.8. The molecule has 2 saturated heterocycles. The number of nitrogens with zero attached hydrogens (tertiary/aromatic N) is 4. The monoisotopic (exact) mass is 404 g/mol. The maximum absolute atomic E-state index is 6.52. The number of fused-ring (bicyclic) bond motifs is 3. The van der Waals surface area contributed by atoms with Crippen LogP contribution in [0.1, 0.15) is 44.6 Å². The lowest BCUT2D eigenvalue weighted by Gasteiger charge is -2.33. The van der Waals surface area contributed by atoms with Crippen molar-refractivity contribution < 1.29 is 9.47 Å². The topological polar surface area (TPSA) is 52.4 Å². The van der Waals surface area contributed by atoms with Gasteiger partial charge in [0.15, 0.2) is 0 Å². The van der Waals surface area contributed by atoms with Crippen molar-refractivity contribution in [2.24, 2.45) is 0 Å². The molecule has 0 aromatic carbocycles. The van der Waals surface area contributed by atoms with Gasteiger partial charge in [-0.05, 0) is 62.8 Å². The molecule has 3 aromatic rings. The van der Waals surface area contributed by atoms with E-state index in [1.807, 2.05) is 12.3 Å². The molecule has 5 heterocycles. The van der Waals surface area contributed by atoms with E-state index in [2.05, 4.69) is 51.1 Å². The van der Waals surface area contributed by atoms with Crippen LogP contribution in [0.2, 0.25) is 0 Å². The molecule has 2 unspecified atom stereocenters. The van der Waals surface area contributed by atoms with Gasteiger partial charge in [0.05, 0.1) is 23.1 Å². The van der Waals surface area contributed by atoms with Crippen molar-refractivity contribution >= 4 is 16.7 Å². The summed E-state index contributed by atoms with van der Waals surface area (Å²) in [4.78, 5) is 12.0. The van der Waals surface area contributed by atoms with Crippen LogP contribution >= 0.6 is 0 Å². The Morgan fingerprint density at radius 1 is 0.933 bits per heavy atom. The van der Waals surface area contributed by atoms with Crippen molar-refractivity contribution in [3.63, 3.8) is 0 Å². The van der Waals surface area contributed by atoms with Crippen LogP contribution in [0.3, 0.4) is 0 Å². The van der Waals surface area contributed by atoms with Crippen molar-refractivity contribution in [2.45, 2.75) is 62.9 Å². The summed E-state index contributed by atoms with van der Waals surface area (Å²) < 4.78 is 14.9. The molecular weight excluding hydrogens is 376 g/mol. The molecule has 6 nitrogen and oxygen atoms in total. The Morgan fingerprint density at radius 2 is 1.70 bits per heavy atom. The number of rotatable bonds is 4. The lowest BCUT2D eigenvalue weighted by atomic mass is 9.93. The van der Waals surface area contributed by atoms with E-state index in [9.17, 15) is 0 Å². The van der Waals surface area contributed by atoms with E-state index >= 15 is 0 Å². The second-order valence-corrected chi connectivity index (χ2v) is 8.90. The second-order valence-electron chi connectivity index (χ2n) is 8.90. The average Bonchev–Trinajstić information content (AvgIpc) is 3.44. The van der Waals surface area contributed by atoms with E-state index in [4.69, 9.17) is 14.5 Å². The van der Waals surface area contributed by atoms with E-state index in [-0.39, 0.29) is 6.10 Å². The van der Waals surface area contributed by atoms with Gasteiger partial charge in [-0.25, -0.2) is 0 Å². The highest BCUT2D eigenvalue weighted by atomic mass is 16.5. The molecule has 6 heteroatoms. The number of ether oxygens (including phenoxy) is 2. The number of anilines is 1. The Bertz CT molecular complexity index is 1000. The fourth-order valence-corrected chi connectivity index (χ4v) is 5.30. The van der Waals surface area contributed by atoms with Gasteiger partial charge in [-0.2, -0.15) is 4.98 Å². The molecule has 3 fully saturated rings. The molecule has 1 saturated carbocycles. The smallest absolute Gasteiger partial charge is 0.225 e. The van der Waals surface area contributed by atoms with Crippen molar-refractivity contribution in [2.75, 3.05) is 18.0 Å². The first-order chi connectivity index (χ1) is 14.8. The lowest BCUT2D eigenvalue weighted by Crippen LogP contribution is -2.43. The zero-order valence-corrected chi connectivity index (χ0v) is 17.2. The molecule has 2 aliphatic heterocycles. The molecule has 30 heavy (non-hydrogen) atoms. The molecule has 156 valence electrons. The Balaban J connectivity index is 1.24. The van der Waals surface area contributed by atoms with E-state index in [1.165, 1.54) is 0 Å². The third-order valence-electron chi connectivity index (χ3n) is 6.89. The van der Waals surface area contributed by atoms with Gasteiger partial charge in [-0.3, -0.25) is 4.98 Å². The molecule has 6 rings (SSSR count). The van der Waals surface area contributed by atoms with Crippen LogP contribution in [0.5, 0.6) is 5.88 Å². The predicted octanol–water partition coefficient (Wildman–Crippen LogP) is 4.36. The summed E-state index contributed by atoms with van der Waals surface area (Å²) in [7, 11) is 0. The SMILES string of the molecule is c1cnc2cc(N3CC4CCC(C3)O4)nc(O[C@H]3CC[C@@H](n4cccc4)CC3)c2c1. The number of pyridine rings is 2. The molecule has 0 amide bonds. The van der Waals surface area contributed by atoms with E-state index in [1.54, 1.807) is 0 Å². The van der Waals surface area contributed by atoms with Crippen LogP contribution in [-0.2, 0) is 4.74 Å². The maximum atomic E-state index is 6.52. The van der Waals surface area contributed by atoms with Gasteiger partial charge >= 0.3 is 0 Å². The molecule has 2 bridgehead atoms. The molecule has 3 aliphatic rings. The molecular formula is C24H28N4O2. The van der Waals surface area contributed by atoms with Crippen molar-refractivity contribution in [1.29, 1.82) is 0 Å². The Hall–Kier alpha value is -2.60. The van der Waals surface area contributed by atoms with Gasteiger partial charge in [0.2, 0.25) is 5.88 Å². The van der Waals surface area contributed by atoms with E-state index < -0.39 is 0 Å². The molecule has 0 spiro atoms. The number of hydrogen-bond donors (Lipinski definition) is 0. The first-order valence-electron chi connectivity index (χ1n) is 11.3. The average molecular weight is 405 g/mol. The summed E-state index contributed by atoms with van der Waals surface area (Å²) in [5, 5.41) is 1.00. The minimum atomic E-state index is 0.212. The normalized spacial score (nSPS) is 28.7. The number of hydrogen-bond acceptors (Lipinski definition) is 5. The van der Waals surface area contributed by atoms with Crippen molar-refractivity contribution in [3.05, 3.63) is 48.9 Å². The first kappa shape index (κ1) is 18.2. The summed E-state index contributed by atoms with van der Waals surface area (Å²) in [5.74, 6) is 1.70. The van der Waals surface area contributed by atoms with Gasteiger partial charge in [-0.1, -0.05) is 0 Å². The largest absolute Gasteiger partial charge is 0.474 e. The molecule has 0 radical (unpaired) electrons. The predicted molar refractivity (Wildman–Crippen MR) is 116 cm³/mol. The minimum absolute atomic E-state index is 0.212. The van der Waals surface area contributed by atoms with Crippen LogP contribution in [-0.4, -0.2) is 45.9 Å². The first-order valence-corrected chi connectivity index (χ1v) is 11.3. The van der Waals surface area contributed by atoms with E-state index in [0.717, 1.165) is 74.2 Å². The third kappa shape index (κ3) is 3.43. The van der Waals surface area contributed by atoms with Crippen LogP contribution in [0.4, 0.5) is 5.82 Å². The van der Waals surface area contributed by atoms with Crippen molar-refractivity contribution in [3.8, 4) is 5.88 Å². The second kappa shape index (κ2) is 7.58. The van der Waals surface area contributed by atoms with Gasteiger partial charge in [0.1, 0.15) is 11.9 Å². The zero-order chi connectivity index (χ0) is 19.9. The third-order valence-corrected chi connectivity index (χ3v) is 6.89.